The van der Waals surface area contributed by atoms with E-state index in [1.54, 1.807) is 0 Å². The first kappa shape index (κ1) is 14.9. The first-order chi connectivity index (χ1) is 9.60. The van der Waals surface area contributed by atoms with Gasteiger partial charge in [0.1, 0.15) is 0 Å². The first-order valence-corrected chi connectivity index (χ1v) is 7.43. The highest BCUT2D eigenvalue weighted by atomic mass is 16.2. The molecule has 0 saturated carbocycles. The Hall–Kier alpha value is -1.55. The minimum Gasteiger partial charge on any atom is -0.362 e. The molecular weight excluding hydrogens is 250 g/mol. The number of amides is 1. The van der Waals surface area contributed by atoms with Gasteiger partial charge in [0, 0.05) is 25.3 Å². The van der Waals surface area contributed by atoms with E-state index in [0.29, 0.717) is 19.0 Å². The Labute approximate surface area is 121 Å². The van der Waals surface area contributed by atoms with Crippen molar-refractivity contribution >= 4 is 11.6 Å². The molecule has 3 N–H and O–H groups in total. The molecule has 0 radical (unpaired) electrons. The normalized spacial score (nSPS) is 14.3. The molecule has 4 nitrogen and oxygen atoms in total. The van der Waals surface area contributed by atoms with Crippen molar-refractivity contribution in [2.75, 3.05) is 24.5 Å². The average Bonchev–Trinajstić information content (AvgIpc) is 2.45. The number of benzene rings is 1. The molecule has 110 valence electrons. The molecule has 20 heavy (non-hydrogen) atoms. The molecule has 0 saturated heterocycles. The van der Waals surface area contributed by atoms with Gasteiger partial charge in [0.15, 0.2) is 0 Å². The number of aryl methyl sites for hydroxylation is 1. The third-order valence-electron chi connectivity index (χ3n) is 3.64. The van der Waals surface area contributed by atoms with Gasteiger partial charge >= 0.3 is 0 Å². The molecule has 1 aliphatic rings. The van der Waals surface area contributed by atoms with Crippen LogP contribution in [0.15, 0.2) is 18.2 Å². The zero-order valence-electron chi connectivity index (χ0n) is 12.5. The molecule has 0 spiro atoms. The Morgan fingerprint density at radius 2 is 2.25 bits per heavy atom. The van der Waals surface area contributed by atoms with Crippen molar-refractivity contribution < 1.29 is 4.79 Å². The smallest absolute Gasteiger partial charge is 0.239 e. The van der Waals surface area contributed by atoms with Crippen LogP contribution in [0.2, 0.25) is 0 Å². The summed E-state index contributed by atoms with van der Waals surface area (Å²) in [5, 5.41) is 2.98. The fourth-order valence-corrected chi connectivity index (χ4v) is 2.57. The van der Waals surface area contributed by atoms with Crippen molar-refractivity contribution in [3.63, 3.8) is 0 Å². The molecule has 0 atom stereocenters. The summed E-state index contributed by atoms with van der Waals surface area (Å²) < 4.78 is 0. The van der Waals surface area contributed by atoms with E-state index < -0.39 is 0 Å². The molecule has 1 aromatic rings. The number of carbonyl (C=O) groups is 1. The van der Waals surface area contributed by atoms with Gasteiger partial charge in [-0.3, -0.25) is 4.79 Å². The third-order valence-corrected chi connectivity index (χ3v) is 3.64. The molecule has 1 heterocycles. The van der Waals surface area contributed by atoms with Crippen LogP contribution in [-0.2, 0) is 17.8 Å². The van der Waals surface area contributed by atoms with Crippen LogP contribution in [0.1, 0.15) is 31.4 Å². The number of nitrogens with zero attached hydrogens (tertiary/aromatic N) is 1. The second-order valence-electron chi connectivity index (χ2n) is 5.89. The van der Waals surface area contributed by atoms with E-state index in [4.69, 9.17) is 5.73 Å². The van der Waals surface area contributed by atoms with Gasteiger partial charge in [-0.2, -0.15) is 0 Å². The molecule has 0 aromatic heterocycles. The van der Waals surface area contributed by atoms with Crippen LogP contribution in [0, 0.1) is 5.92 Å². The zero-order chi connectivity index (χ0) is 14.5. The molecule has 4 heteroatoms. The van der Waals surface area contributed by atoms with E-state index in [1.807, 2.05) is 0 Å². The van der Waals surface area contributed by atoms with Crippen molar-refractivity contribution in [2.24, 2.45) is 11.7 Å². The van der Waals surface area contributed by atoms with Crippen molar-refractivity contribution in [2.45, 2.75) is 33.2 Å². The van der Waals surface area contributed by atoms with E-state index in [-0.39, 0.29) is 5.91 Å². The Morgan fingerprint density at radius 3 is 2.95 bits per heavy atom. The highest BCUT2D eigenvalue weighted by molar-refractivity contribution is 5.81. The van der Waals surface area contributed by atoms with Gasteiger partial charge in [-0.25, -0.2) is 0 Å². The maximum Gasteiger partial charge on any atom is 0.239 e. The number of hydrogen-bond donors (Lipinski definition) is 2. The molecule has 1 aliphatic heterocycles. The van der Waals surface area contributed by atoms with Crippen LogP contribution < -0.4 is 16.0 Å². The van der Waals surface area contributed by atoms with Gasteiger partial charge in [-0.1, -0.05) is 26.0 Å². The van der Waals surface area contributed by atoms with Crippen LogP contribution >= 0.6 is 0 Å². The summed E-state index contributed by atoms with van der Waals surface area (Å²) in [7, 11) is 0. The van der Waals surface area contributed by atoms with Gasteiger partial charge < -0.3 is 16.0 Å². The minimum atomic E-state index is 0.106. The fourth-order valence-electron chi connectivity index (χ4n) is 2.57. The second kappa shape index (κ2) is 6.75. The van der Waals surface area contributed by atoms with Gasteiger partial charge in [-0.15, -0.1) is 0 Å². The van der Waals surface area contributed by atoms with E-state index >= 15 is 0 Å². The fraction of sp³-hybridized carbons (Fsp3) is 0.562. The number of nitrogens with two attached hydrogens (primary N) is 1. The Bertz CT molecular complexity index is 471. The lowest BCUT2D eigenvalue weighted by atomic mass is 9.99. The summed E-state index contributed by atoms with van der Waals surface area (Å²) in [5.74, 6) is 0.592. The first-order valence-electron chi connectivity index (χ1n) is 7.43. The van der Waals surface area contributed by atoms with Crippen molar-refractivity contribution in [1.29, 1.82) is 0 Å². The summed E-state index contributed by atoms with van der Waals surface area (Å²) in [5.41, 5.74) is 9.35. The zero-order valence-corrected chi connectivity index (χ0v) is 12.5. The SMILES string of the molecule is CC(C)CNC(=O)CN1CCCc2cc(CN)ccc21. The minimum absolute atomic E-state index is 0.106. The topological polar surface area (TPSA) is 58.4 Å². The predicted molar refractivity (Wildman–Crippen MR) is 82.7 cm³/mol. The van der Waals surface area contributed by atoms with Crippen LogP contribution in [-0.4, -0.2) is 25.5 Å². The number of fused-ring (bicyclic) bond motifs is 1. The molecule has 0 fully saturated rings. The number of rotatable bonds is 5. The van der Waals surface area contributed by atoms with Gasteiger partial charge in [0.05, 0.1) is 6.54 Å². The average molecular weight is 275 g/mol. The molecule has 0 unspecified atom stereocenters. The number of hydrogen-bond acceptors (Lipinski definition) is 3. The van der Waals surface area contributed by atoms with Crippen molar-refractivity contribution in [1.82, 2.24) is 5.32 Å². The summed E-state index contributed by atoms with van der Waals surface area (Å²) >= 11 is 0. The summed E-state index contributed by atoms with van der Waals surface area (Å²) in [6.07, 6.45) is 2.17. The summed E-state index contributed by atoms with van der Waals surface area (Å²) in [4.78, 5) is 14.2. The Kier molecular flexibility index (Phi) is 5.01. The third kappa shape index (κ3) is 3.73. The van der Waals surface area contributed by atoms with Gasteiger partial charge in [0.25, 0.3) is 0 Å². The van der Waals surface area contributed by atoms with Crippen LogP contribution in [0.25, 0.3) is 0 Å². The molecule has 1 amide bonds. The summed E-state index contributed by atoms with van der Waals surface area (Å²) in [6, 6.07) is 6.34. The van der Waals surface area contributed by atoms with Crippen molar-refractivity contribution in [3.05, 3.63) is 29.3 Å². The van der Waals surface area contributed by atoms with Crippen molar-refractivity contribution in [3.8, 4) is 0 Å². The van der Waals surface area contributed by atoms with Gasteiger partial charge in [-0.05, 0) is 36.0 Å². The quantitative estimate of drug-likeness (QED) is 0.859. The number of nitrogens with one attached hydrogen (secondary N) is 1. The Balaban J connectivity index is 2.03. The monoisotopic (exact) mass is 275 g/mol. The molecular formula is C16H25N3O. The lowest BCUT2D eigenvalue weighted by Gasteiger charge is -2.31. The highest BCUT2D eigenvalue weighted by Crippen LogP contribution is 2.27. The standard InChI is InChI=1S/C16H25N3O/c1-12(2)10-18-16(20)11-19-7-3-4-14-8-13(9-17)5-6-15(14)19/h5-6,8,12H,3-4,7,9-11,17H2,1-2H3,(H,18,20). The largest absolute Gasteiger partial charge is 0.362 e. The molecule has 1 aromatic carbocycles. The van der Waals surface area contributed by atoms with E-state index in [1.165, 1.54) is 11.3 Å². The second-order valence-corrected chi connectivity index (χ2v) is 5.89. The maximum atomic E-state index is 12.0. The lowest BCUT2D eigenvalue weighted by Crippen LogP contribution is -2.40. The summed E-state index contributed by atoms with van der Waals surface area (Å²) in [6.45, 7) is 6.91. The molecule has 0 bridgehead atoms. The van der Waals surface area contributed by atoms with Gasteiger partial charge in [0.2, 0.25) is 5.91 Å². The maximum absolute atomic E-state index is 12.0. The van der Waals surface area contributed by atoms with E-state index in [2.05, 4.69) is 42.3 Å². The van der Waals surface area contributed by atoms with Crippen LogP contribution in [0.5, 0.6) is 0 Å². The molecule has 2 rings (SSSR count). The number of carbonyl (C=O) groups excluding carboxylic acids is 1. The van der Waals surface area contributed by atoms with Crippen LogP contribution in [0.3, 0.4) is 0 Å². The predicted octanol–water partition coefficient (Wildman–Crippen LogP) is 1.67. The van der Waals surface area contributed by atoms with E-state index in [0.717, 1.165) is 31.5 Å². The Morgan fingerprint density at radius 1 is 1.45 bits per heavy atom. The number of anilines is 1. The van der Waals surface area contributed by atoms with Crippen LogP contribution in [0.4, 0.5) is 5.69 Å². The lowest BCUT2D eigenvalue weighted by molar-refractivity contribution is -0.119. The van der Waals surface area contributed by atoms with E-state index in [9.17, 15) is 4.79 Å². The molecule has 0 aliphatic carbocycles. The highest BCUT2D eigenvalue weighted by Gasteiger charge is 2.19.